The summed E-state index contributed by atoms with van der Waals surface area (Å²) in [7, 11) is 0. The maximum Gasteiger partial charge on any atom is 0.389 e. The van der Waals surface area contributed by atoms with Crippen LogP contribution in [0.1, 0.15) is 13.8 Å². The highest BCUT2D eigenvalue weighted by molar-refractivity contribution is 6.01. The van der Waals surface area contributed by atoms with Crippen molar-refractivity contribution < 1.29 is 29.2 Å². The third-order valence-corrected chi connectivity index (χ3v) is 3.13. The molecule has 14 heteroatoms. The Morgan fingerprint density at radius 1 is 0.864 bits per heavy atom. The number of imide groups is 2. The predicted octanol–water partition coefficient (Wildman–Crippen LogP) is -1.41. The Balaban J connectivity index is 2.66. The van der Waals surface area contributed by atoms with Gasteiger partial charge in [-0.25, -0.2) is 39.6 Å². The zero-order valence-electron chi connectivity index (χ0n) is 11.1. The van der Waals surface area contributed by atoms with Crippen LogP contribution in [0.4, 0.5) is 9.59 Å². The van der Waals surface area contributed by atoms with Crippen LogP contribution < -0.4 is 0 Å². The molecule has 0 aromatic carbocycles. The first-order chi connectivity index (χ1) is 10.1. The number of urea groups is 2. The summed E-state index contributed by atoms with van der Waals surface area (Å²) in [6, 6.07) is -2.95. The molecule has 2 saturated heterocycles. The van der Waals surface area contributed by atoms with E-state index in [-0.39, 0.29) is 19.8 Å². The van der Waals surface area contributed by atoms with Crippen molar-refractivity contribution in [1.29, 1.82) is 0 Å². The second kappa shape index (κ2) is 4.61. The standard InChI is InChI=1S/C8H8N6O8/c1-3(15)9-5-6(12(7(9)17)14(21)22)10(4(2)16)8(18)11(5)13(19)20/h5-6H,1-2H3/t5-,6-/m0/s1. The number of rotatable bonds is 2. The fourth-order valence-electron chi connectivity index (χ4n) is 2.39. The summed E-state index contributed by atoms with van der Waals surface area (Å²) < 4.78 is 0. The van der Waals surface area contributed by atoms with Crippen molar-refractivity contribution in [1.82, 2.24) is 19.8 Å². The third kappa shape index (κ3) is 1.73. The molecule has 0 aromatic heterocycles. The van der Waals surface area contributed by atoms with E-state index < -0.39 is 46.3 Å². The van der Waals surface area contributed by atoms with Crippen LogP contribution in [0.2, 0.25) is 0 Å². The summed E-state index contributed by atoms with van der Waals surface area (Å²) in [6.45, 7) is 1.69. The third-order valence-electron chi connectivity index (χ3n) is 3.13. The first kappa shape index (κ1) is 15.1. The Bertz CT molecular complexity index is 530. The van der Waals surface area contributed by atoms with Crippen LogP contribution in [-0.4, -0.2) is 66.1 Å². The van der Waals surface area contributed by atoms with Crippen LogP contribution in [-0.2, 0) is 9.59 Å². The van der Waals surface area contributed by atoms with Crippen molar-refractivity contribution >= 4 is 23.9 Å². The van der Waals surface area contributed by atoms with Gasteiger partial charge in [-0.3, -0.25) is 9.59 Å². The lowest BCUT2D eigenvalue weighted by Gasteiger charge is -2.18. The van der Waals surface area contributed by atoms with Gasteiger partial charge in [-0.05, 0) is 10.0 Å². The van der Waals surface area contributed by atoms with Gasteiger partial charge in [-0.1, -0.05) is 0 Å². The van der Waals surface area contributed by atoms with Gasteiger partial charge < -0.3 is 0 Å². The summed E-state index contributed by atoms with van der Waals surface area (Å²) in [4.78, 5) is 69.3. The average Bonchev–Trinajstić information content (AvgIpc) is 2.76. The molecule has 14 nitrogen and oxygen atoms in total. The zero-order chi connectivity index (χ0) is 16.9. The number of nitrogens with zero attached hydrogens (tertiary/aromatic N) is 6. The smallest absolute Gasteiger partial charge is 0.275 e. The average molecular weight is 316 g/mol. The van der Waals surface area contributed by atoms with Gasteiger partial charge in [0.1, 0.15) is 0 Å². The molecular formula is C8H8N6O8. The van der Waals surface area contributed by atoms with Gasteiger partial charge in [-0.15, -0.1) is 0 Å². The van der Waals surface area contributed by atoms with Crippen molar-refractivity contribution in [3.63, 3.8) is 0 Å². The van der Waals surface area contributed by atoms with E-state index in [1.54, 1.807) is 0 Å². The minimum Gasteiger partial charge on any atom is -0.275 e. The van der Waals surface area contributed by atoms with E-state index in [2.05, 4.69) is 0 Å². The molecule has 0 radical (unpaired) electrons. The summed E-state index contributed by atoms with van der Waals surface area (Å²) in [5.74, 6) is -2.09. The Morgan fingerprint density at radius 3 is 1.32 bits per heavy atom. The molecule has 0 aromatic rings. The highest BCUT2D eigenvalue weighted by Gasteiger charge is 2.71. The van der Waals surface area contributed by atoms with Gasteiger partial charge in [0.2, 0.25) is 24.1 Å². The molecular weight excluding hydrogens is 308 g/mol. The molecule has 118 valence electrons. The normalized spacial score (nSPS) is 23.9. The number of hydrazine groups is 2. The largest absolute Gasteiger partial charge is 0.389 e. The van der Waals surface area contributed by atoms with E-state index in [9.17, 15) is 39.4 Å². The molecule has 2 aliphatic rings. The number of amides is 6. The first-order valence-electron chi connectivity index (χ1n) is 5.65. The van der Waals surface area contributed by atoms with E-state index >= 15 is 0 Å². The van der Waals surface area contributed by atoms with Gasteiger partial charge in [0.25, 0.3) is 0 Å². The molecule has 2 fully saturated rings. The lowest BCUT2D eigenvalue weighted by molar-refractivity contribution is -0.653. The highest BCUT2D eigenvalue weighted by atomic mass is 16.7. The summed E-state index contributed by atoms with van der Waals surface area (Å²) in [5, 5.41) is 19.2. The van der Waals surface area contributed by atoms with E-state index in [0.717, 1.165) is 13.8 Å². The highest BCUT2D eigenvalue weighted by Crippen LogP contribution is 2.35. The van der Waals surface area contributed by atoms with Gasteiger partial charge in [-0.2, -0.15) is 0 Å². The fraction of sp³-hybridized carbons (Fsp3) is 0.500. The van der Waals surface area contributed by atoms with Crippen molar-refractivity contribution in [3.05, 3.63) is 20.2 Å². The minimum atomic E-state index is -1.92. The molecule has 0 unspecified atom stereocenters. The molecule has 0 spiro atoms. The maximum atomic E-state index is 11.9. The minimum absolute atomic E-state index is 0.158. The quantitative estimate of drug-likeness (QED) is 0.442. The van der Waals surface area contributed by atoms with Crippen LogP contribution in [0.5, 0.6) is 0 Å². The molecule has 0 N–H and O–H groups in total. The Labute approximate surface area is 120 Å². The molecule has 0 aliphatic carbocycles. The molecule has 0 bridgehead atoms. The van der Waals surface area contributed by atoms with E-state index in [0.29, 0.717) is 0 Å². The van der Waals surface area contributed by atoms with Gasteiger partial charge in [0.15, 0.2) is 10.1 Å². The van der Waals surface area contributed by atoms with Gasteiger partial charge in [0, 0.05) is 13.8 Å². The maximum absolute atomic E-state index is 11.9. The van der Waals surface area contributed by atoms with E-state index in [1.165, 1.54) is 0 Å². The van der Waals surface area contributed by atoms with Gasteiger partial charge >= 0.3 is 12.1 Å². The molecule has 2 aliphatic heterocycles. The summed E-state index contributed by atoms with van der Waals surface area (Å²) in [6.07, 6.45) is -3.83. The Morgan fingerprint density at radius 2 is 1.14 bits per heavy atom. The number of fused-ring (bicyclic) bond motifs is 1. The lowest BCUT2D eigenvalue weighted by Crippen LogP contribution is -2.51. The number of carbonyl (C=O) groups is 4. The number of carbonyl (C=O) groups excluding carboxylic acids is 4. The van der Waals surface area contributed by atoms with Crippen LogP contribution in [0.15, 0.2) is 0 Å². The number of hydrogen-bond donors (Lipinski definition) is 0. The van der Waals surface area contributed by atoms with Crippen LogP contribution >= 0.6 is 0 Å². The molecule has 2 rings (SSSR count). The van der Waals surface area contributed by atoms with Crippen molar-refractivity contribution in [2.45, 2.75) is 26.2 Å². The summed E-state index contributed by atoms with van der Waals surface area (Å²) >= 11 is 0. The topological polar surface area (TPSA) is 168 Å². The van der Waals surface area contributed by atoms with Gasteiger partial charge in [0.05, 0.1) is 0 Å². The van der Waals surface area contributed by atoms with Crippen molar-refractivity contribution in [2.24, 2.45) is 0 Å². The number of nitro groups is 2. The monoisotopic (exact) mass is 316 g/mol. The fourth-order valence-corrected chi connectivity index (χ4v) is 2.39. The van der Waals surface area contributed by atoms with Crippen molar-refractivity contribution in [3.8, 4) is 0 Å². The number of hydrogen-bond acceptors (Lipinski definition) is 8. The van der Waals surface area contributed by atoms with E-state index in [4.69, 9.17) is 0 Å². The van der Waals surface area contributed by atoms with Crippen molar-refractivity contribution in [2.75, 3.05) is 0 Å². The van der Waals surface area contributed by atoms with Crippen LogP contribution in [0.3, 0.4) is 0 Å². The van der Waals surface area contributed by atoms with Crippen LogP contribution in [0.25, 0.3) is 0 Å². The molecule has 2 atom stereocenters. The first-order valence-corrected chi connectivity index (χ1v) is 5.65. The Hall–Kier alpha value is -3.32. The second-order valence-corrected chi connectivity index (χ2v) is 4.34. The van der Waals surface area contributed by atoms with Crippen LogP contribution in [0, 0.1) is 20.2 Å². The SMILES string of the molecule is CC(=O)N1C(=O)N([N+](=O)[O-])[C@H]2[C@@H]1N([N+](=O)[O-])C(=O)N2C(C)=O. The molecule has 6 amide bonds. The molecule has 22 heavy (non-hydrogen) atoms. The predicted molar refractivity (Wildman–Crippen MR) is 61.1 cm³/mol. The zero-order valence-corrected chi connectivity index (χ0v) is 11.1. The lowest BCUT2D eigenvalue weighted by atomic mass is 10.3. The molecule has 0 saturated carbocycles. The van der Waals surface area contributed by atoms with E-state index in [1.807, 2.05) is 0 Å². The Kier molecular flexibility index (Phi) is 3.16. The molecule has 2 heterocycles. The summed E-state index contributed by atoms with van der Waals surface area (Å²) in [5.41, 5.74) is 0. The second-order valence-electron chi connectivity index (χ2n) is 4.34.